The van der Waals surface area contributed by atoms with Gasteiger partial charge in [0, 0.05) is 0 Å². The zero-order chi connectivity index (χ0) is 18.9. The summed E-state index contributed by atoms with van der Waals surface area (Å²) in [5.74, 6) is 0. The van der Waals surface area contributed by atoms with Crippen LogP contribution in [0.2, 0.25) is 0 Å². The molecule has 0 radical (unpaired) electrons. The van der Waals surface area contributed by atoms with Gasteiger partial charge in [-0.3, -0.25) is 0 Å². The van der Waals surface area contributed by atoms with Crippen LogP contribution in [0.1, 0.15) is 16.0 Å². The normalized spacial score (nSPS) is 12.3. The third-order valence-electron chi connectivity index (χ3n) is 5.38. The fourth-order valence-corrected chi connectivity index (χ4v) is 4.94. The van der Waals surface area contributed by atoms with Gasteiger partial charge >= 0.3 is 0 Å². The van der Waals surface area contributed by atoms with Crippen LogP contribution in [0, 0.1) is 0 Å². The van der Waals surface area contributed by atoms with Crippen molar-refractivity contribution in [3.63, 3.8) is 0 Å². The summed E-state index contributed by atoms with van der Waals surface area (Å²) < 4.78 is 0. The third-order valence-corrected chi connectivity index (χ3v) is 6.37. The largest absolute Gasteiger partial charge is 0.0786 e. The number of hydrogen-bond donors (Lipinski definition) is 0. The van der Waals surface area contributed by atoms with E-state index in [2.05, 4.69) is 125 Å². The van der Waals surface area contributed by atoms with E-state index >= 15 is 0 Å². The molecule has 1 heteroatoms. The second-order valence-corrected chi connectivity index (χ2v) is 7.93. The van der Waals surface area contributed by atoms with E-state index in [0.717, 1.165) is 0 Å². The first-order valence-electron chi connectivity index (χ1n) is 9.52. The Bertz CT molecular complexity index is 1200. The monoisotopic (exact) mass is 422 g/mol. The Morgan fingerprint density at radius 1 is 0.464 bits per heavy atom. The molecule has 0 aliphatic rings. The number of halogens is 1. The molecule has 0 heterocycles. The van der Waals surface area contributed by atoms with Crippen molar-refractivity contribution in [2.75, 3.05) is 0 Å². The van der Waals surface area contributed by atoms with E-state index in [1.165, 1.54) is 43.8 Å². The van der Waals surface area contributed by atoms with Crippen LogP contribution in [-0.4, -0.2) is 0 Å². The highest BCUT2D eigenvalue weighted by molar-refractivity contribution is 9.09. The Kier molecular flexibility index (Phi) is 4.46. The van der Waals surface area contributed by atoms with E-state index in [0.29, 0.717) is 0 Å². The van der Waals surface area contributed by atoms with E-state index in [-0.39, 0.29) is 4.83 Å². The lowest BCUT2D eigenvalue weighted by molar-refractivity contribution is 1.22. The molecule has 134 valence electrons. The molecule has 5 aromatic rings. The molecule has 0 aromatic heterocycles. The maximum absolute atomic E-state index is 4.02. The van der Waals surface area contributed by atoms with Gasteiger partial charge in [0.05, 0.1) is 4.83 Å². The smallest absolute Gasteiger partial charge is 0.0656 e. The second-order valence-electron chi connectivity index (χ2n) is 7.02. The lowest BCUT2D eigenvalue weighted by Gasteiger charge is -2.20. The molecule has 0 saturated heterocycles. The number of alkyl halides is 1. The summed E-state index contributed by atoms with van der Waals surface area (Å²) in [6.07, 6.45) is 0. The molecule has 0 spiro atoms. The highest BCUT2D eigenvalue weighted by atomic mass is 79.9. The predicted molar refractivity (Wildman–Crippen MR) is 124 cm³/mol. The summed E-state index contributed by atoms with van der Waals surface area (Å²) >= 11 is 4.02. The molecule has 0 bridgehead atoms. The molecule has 0 nitrogen and oxygen atoms in total. The van der Waals surface area contributed by atoms with E-state index in [1.807, 2.05) is 0 Å². The molecule has 0 saturated carbocycles. The Hall–Kier alpha value is -2.90. The topological polar surface area (TPSA) is 0 Å². The summed E-state index contributed by atoms with van der Waals surface area (Å²) in [5.41, 5.74) is 5.16. The van der Waals surface area contributed by atoms with Crippen molar-refractivity contribution in [2.45, 2.75) is 4.83 Å². The third kappa shape index (κ3) is 2.83. The molecule has 0 amide bonds. The summed E-state index contributed by atoms with van der Waals surface area (Å²) in [7, 11) is 0. The van der Waals surface area contributed by atoms with Gasteiger partial charge in [-0.1, -0.05) is 125 Å². The summed E-state index contributed by atoms with van der Waals surface area (Å²) in [6, 6.07) is 38.9. The maximum atomic E-state index is 4.02. The Labute approximate surface area is 173 Å². The van der Waals surface area contributed by atoms with Crippen molar-refractivity contribution in [2.24, 2.45) is 0 Å². The van der Waals surface area contributed by atoms with Crippen LogP contribution in [-0.2, 0) is 0 Å². The first-order valence-corrected chi connectivity index (χ1v) is 10.4. The SMILES string of the molecule is Br[C@@H](c1ccccc1)c1c2ccccc2c(-c2ccccc2)c2ccccc12. The summed E-state index contributed by atoms with van der Waals surface area (Å²) in [5, 5.41) is 5.18. The lowest BCUT2D eigenvalue weighted by Crippen LogP contribution is -1.98. The average Bonchev–Trinajstić information content (AvgIpc) is 2.78. The number of fused-ring (bicyclic) bond motifs is 2. The van der Waals surface area contributed by atoms with Gasteiger partial charge in [0.1, 0.15) is 0 Å². The first-order chi connectivity index (χ1) is 13.8. The molecular formula is C27H19Br. The van der Waals surface area contributed by atoms with Crippen LogP contribution in [0.15, 0.2) is 109 Å². The van der Waals surface area contributed by atoms with E-state index in [9.17, 15) is 0 Å². The van der Waals surface area contributed by atoms with Gasteiger partial charge in [-0.15, -0.1) is 0 Å². The zero-order valence-corrected chi connectivity index (χ0v) is 16.9. The summed E-state index contributed by atoms with van der Waals surface area (Å²) in [4.78, 5) is 0.133. The van der Waals surface area contributed by atoms with E-state index in [1.54, 1.807) is 0 Å². The molecule has 0 aliphatic heterocycles. The van der Waals surface area contributed by atoms with Crippen LogP contribution < -0.4 is 0 Å². The van der Waals surface area contributed by atoms with Crippen LogP contribution in [0.4, 0.5) is 0 Å². The van der Waals surface area contributed by atoms with Gasteiger partial charge in [0.2, 0.25) is 0 Å². The number of hydrogen-bond acceptors (Lipinski definition) is 0. The van der Waals surface area contributed by atoms with Crippen LogP contribution in [0.3, 0.4) is 0 Å². The average molecular weight is 423 g/mol. The Morgan fingerprint density at radius 3 is 1.43 bits per heavy atom. The quantitative estimate of drug-likeness (QED) is 0.203. The van der Waals surface area contributed by atoms with Gasteiger partial charge in [0.25, 0.3) is 0 Å². The molecular weight excluding hydrogens is 404 g/mol. The van der Waals surface area contributed by atoms with Crippen molar-refractivity contribution < 1.29 is 0 Å². The molecule has 0 N–H and O–H groups in total. The van der Waals surface area contributed by atoms with Crippen LogP contribution in [0.25, 0.3) is 32.7 Å². The van der Waals surface area contributed by atoms with Gasteiger partial charge in [-0.05, 0) is 43.8 Å². The second kappa shape index (κ2) is 7.26. The minimum atomic E-state index is 0.133. The van der Waals surface area contributed by atoms with Gasteiger partial charge in [-0.25, -0.2) is 0 Å². The van der Waals surface area contributed by atoms with Crippen LogP contribution >= 0.6 is 15.9 Å². The highest BCUT2D eigenvalue weighted by Gasteiger charge is 2.20. The molecule has 0 unspecified atom stereocenters. The van der Waals surface area contributed by atoms with Crippen molar-refractivity contribution in [1.82, 2.24) is 0 Å². The highest BCUT2D eigenvalue weighted by Crippen LogP contribution is 2.45. The minimum Gasteiger partial charge on any atom is -0.0786 e. The Morgan fingerprint density at radius 2 is 0.893 bits per heavy atom. The zero-order valence-electron chi connectivity index (χ0n) is 15.3. The molecule has 5 aromatic carbocycles. The molecule has 1 atom stereocenters. The molecule has 0 fully saturated rings. The van der Waals surface area contributed by atoms with Crippen molar-refractivity contribution in [1.29, 1.82) is 0 Å². The van der Waals surface area contributed by atoms with Crippen molar-refractivity contribution >= 4 is 37.5 Å². The lowest BCUT2D eigenvalue weighted by atomic mass is 9.86. The van der Waals surface area contributed by atoms with E-state index in [4.69, 9.17) is 0 Å². The van der Waals surface area contributed by atoms with Gasteiger partial charge in [-0.2, -0.15) is 0 Å². The van der Waals surface area contributed by atoms with Gasteiger partial charge < -0.3 is 0 Å². The Balaban J connectivity index is 1.92. The predicted octanol–water partition coefficient (Wildman–Crippen LogP) is 8.14. The van der Waals surface area contributed by atoms with Crippen molar-refractivity contribution in [3.05, 3.63) is 120 Å². The fraction of sp³-hybridized carbons (Fsp3) is 0.0370. The van der Waals surface area contributed by atoms with Crippen LogP contribution in [0.5, 0.6) is 0 Å². The van der Waals surface area contributed by atoms with Gasteiger partial charge in [0.15, 0.2) is 0 Å². The maximum Gasteiger partial charge on any atom is 0.0656 e. The standard InChI is InChI=1S/C27H19Br/c28-27(20-13-5-2-6-14-20)26-23-17-9-7-15-21(23)25(19-11-3-1-4-12-19)22-16-8-10-18-24(22)26/h1-18,27H/t27-/m0/s1. The fourth-order valence-electron chi connectivity index (χ4n) is 4.14. The summed E-state index contributed by atoms with van der Waals surface area (Å²) in [6.45, 7) is 0. The molecule has 5 rings (SSSR count). The number of rotatable bonds is 3. The minimum absolute atomic E-state index is 0.133. The number of benzene rings is 5. The van der Waals surface area contributed by atoms with Crippen molar-refractivity contribution in [3.8, 4) is 11.1 Å². The molecule has 0 aliphatic carbocycles. The first kappa shape index (κ1) is 17.2. The van der Waals surface area contributed by atoms with E-state index < -0.39 is 0 Å². The molecule has 28 heavy (non-hydrogen) atoms.